The average Bonchev–Trinajstić information content (AvgIpc) is 2.55. The van der Waals surface area contributed by atoms with Gasteiger partial charge in [-0.25, -0.2) is 0 Å². The maximum atomic E-state index is 6.39. The molecule has 1 aliphatic rings. The number of aliphatic imine (C=N–C) groups is 1. The van der Waals surface area contributed by atoms with Gasteiger partial charge in [0.05, 0.1) is 26.4 Å². The van der Waals surface area contributed by atoms with Crippen LogP contribution in [0.5, 0.6) is 17.2 Å². The molecule has 4 nitrogen and oxygen atoms in total. The van der Waals surface area contributed by atoms with Gasteiger partial charge in [0.15, 0.2) is 11.5 Å². The number of aryl methyl sites for hydroxylation is 1. The van der Waals surface area contributed by atoms with Gasteiger partial charge < -0.3 is 14.2 Å². The number of allylic oxidation sites excluding steroid dienone is 1. The number of rotatable bonds is 4. The van der Waals surface area contributed by atoms with Crippen LogP contribution < -0.4 is 14.2 Å². The summed E-state index contributed by atoms with van der Waals surface area (Å²) in [6.45, 7) is 1.95. The number of ether oxygens (including phenoxy) is 3. The lowest BCUT2D eigenvalue weighted by Gasteiger charge is -2.19. The molecule has 7 heteroatoms. The molecule has 1 aliphatic heterocycles. The van der Waals surface area contributed by atoms with E-state index in [2.05, 4.69) is 27.6 Å². The minimum atomic E-state index is -0.543. The Kier molecular flexibility index (Phi) is 6.22. The number of nitrogens with zero attached hydrogens (tertiary/aromatic N) is 1. The van der Waals surface area contributed by atoms with Crippen molar-refractivity contribution in [2.24, 2.45) is 4.99 Å². The Balaban J connectivity index is 2.69. The van der Waals surface area contributed by atoms with Crippen molar-refractivity contribution in [2.75, 3.05) is 21.3 Å². The van der Waals surface area contributed by atoms with Crippen molar-refractivity contribution in [1.82, 2.24) is 0 Å². The summed E-state index contributed by atoms with van der Waals surface area (Å²) in [5.74, 6) is 1.69. The lowest BCUT2D eigenvalue weighted by molar-refractivity contribution is 0.323. The molecule has 0 N–H and O–H groups in total. The summed E-state index contributed by atoms with van der Waals surface area (Å²) in [4.78, 5) is 4.23. The van der Waals surface area contributed by atoms with Crippen LogP contribution in [0.4, 0.5) is 0 Å². The SMILES string of the molecule is COc1cc(C)c(C=C2C(Cl)=C(I)C=NC2Cl)c(OC)c1OC. The first kappa shape index (κ1) is 18.4. The second-order valence-corrected chi connectivity index (χ2v) is 6.71. The summed E-state index contributed by atoms with van der Waals surface area (Å²) in [6, 6.07) is 1.88. The predicted molar refractivity (Wildman–Crippen MR) is 104 cm³/mol. The molecule has 0 fully saturated rings. The summed E-state index contributed by atoms with van der Waals surface area (Å²) in [5.41, 5.74) is 1.95. The first-order valence-electron chi connectivity index (χ1n) is 6.68. The van der Waals surface area contributed by atoms with Gasteiger partial charge >= 0.3 is 0 Å². The van der Waals surface area contributed by atoms with Gasteiger partial charge in [-0.1, -0.05) is 23.2 Å². The van der Waals surface area contributed by atoms with Gasteiger partial charge in [0, 0.05) is 20.9 Å². The largest absolute Gasteiger partial charge is 0.493 e. The molecule has 23 heavy (non-hydrogen) atoms. The average molecular weight is 468 g/mol. The summed E-state index contributed by atoms with van der Waals surface area (Å²) >= 11 is 14.8. The van der Waals surface area contributed by atoms with Gasteiger partial charge in [0.1, 0.15) is 5.50 Å². The highest BCUT2D eigenvalue weighted by molar-refractivity contribution is 14.1. The van der Waals surface area contributed by atoms with Gasteiger partial charge in [-0.3, -0.25) is 4.99 Å². The molecule has 1 atom stereocenters. The van der Waals surface area contributed by atoms with E-state index in [1.807, 2.05) is 19.1 Å². The van der Waals surface area contributed by atoms with Crippen LogP contribution in [-0.4, -0.2) is 33.0 Å². The molecule has 0 amide bonds. The molecule has 0 radical (unpaired) electrons. The predicted octanol–water partition coefficient (Wildman–Crippen LogP) is 4.94. The number of dihydropyridines is 1. The Morgan fingerprint density at radius 1 is 1.17 bits per heavy atom. The van der Waals surface area contributed by atoms with E-state index in [1.54, 1.807) is 27.5 Å². The molecular weight excluding hydrogens is 452 g/mol. The molecule has 2 rings (SSSR count). The third-order valence-corrected chi connectivity index (χ3v) is 5.32. The molecule has 124 valence electrons. The van der Waals surface area contributed by atoms with E-state index < -0.39 is 5.50 Å². The summed E-state index contributed by atoms with van der Waals surface area (Å²) in [5, 5.41) is 0.580. The molecule has 0 spiro atoms. The van der Waals surface area contributed by atoms with Crippen molar-refractivity contribution in [1.29, 1.82) is 0 Å². The van der Waals surface area contributed by atoms with Crippen LogP contribution in [0.25, 0.3) is 6.08 Å². The minimum Gasteiger partial charge on any atom is -0.493 e. The van der Waals surface area contributed by atoms with Crippen molar-refractivity contribution in [2.45, 2.75) is 12.4 Å². The lowest BCUT2D eigenvalue weighted by atomic mass is 10.0. The maximum Gasteiger partial charge on any atom is 0.203 e. The topological polar surface area (TPSA) is 40.0 Å². The standard InChI is InChI=1S/C16H16Cl2INO3/c1-8-5-12(21-2)15(23-4)14(22-3)9(8)6-10-13(17)11(19)7-20-16(10)18/h5-7,16H,1-4H3. The van der Waals surface area contributed by atoms with Crippen LogP contribution in [0, 0.1) is 6.92 Å². The molecule has 0 aliphatic carbocycles. The third-order valence-electron chi connectivity index (χ3n) is 3.41. The zero-order valence-electron chi connectivity index (χ0n) is 13.1. The lowest BCUT2D eigenvalue weighted by Crippen LogP contribution is -2.08. The zero-order chi connectivity index (χ0) is 17.1. The Bertz CT molecular complexity index is 714. The smallest absolute Gasteiger partial charge is 0.203 e. The molecule has 1 aromatic rings. The Labute approximate surface area is 159 Å². The molecule has 1 heterocycles. The number of benzene rings is 1. The van der Waals surface area contributed by atoms with Crippen molar-refractivity contribution in [3.8, 4) is 17.2 Å². The van der Waals surface area contributed by atoms with Crippen LogP contribution in [0.2, 0.25) is 0 Å². The van der Waals surface area contributed by atoms with E-state index in [1.165, 1.54) is 0 Å². The summed E-state index contributed by atoms with van der Waals surface area (Å²) < 4.78 is 17.2. The summed E-state index contributed by atoms with van der Waals surface area (Å²) in [6.07, 6.45) is 3.54. The first-order valence-corrected chi connectivity index (χ1v) is 8.57. The number of hydrogen-bond donors (Lipinski definition) is 0. The van der Waals surface area contributed by atoms with Crippen LogP contribution in [0.1, 0.15) is 11.1 Å². The van der Waals surface area contributed by atoms with Gasteiger partial charge in [-0.05, 0) is 47.2 Å². The highest BCUT2D eigenvalue weighted by atomic mass is 127. The fraction of sp³-hybridized carbons (Fsp3) is 0.312. The first-order chi connectivity index (χ1) is 10.9. The second-order valence-electron chi connectivity index (χ2n) is 4.75. The molecule has 0 saturated heterocycles. The van der Waals surface area contributed by atoms with Gasteiger partial charge in [-0.15, -0.1) is 0 Å². The quantitative estimate of drug-likeness (QED) is 0.357. The van der Waals surface area contributed by atoms with E-state index >= 15 is 0 Å². The molecule has 0 aromatic heterocycles. The minimum absolute atomic E-state index is 0.521. The molecule has 1 unspecified atom stereocenters. The van der Waals surface area contributed by atoms with Crippen molar-refractivity contribution in [3.05, 3.63) is 31.4 Å². The fourth-order valence-corrected chi connectivity index (χ4v) is 3.24. The molecular formula is C16H16Cl2INO3. The van der Waals surface area contributed by atoms with Crippen LogP contribution >= 0.6 is 45.8 Å². The number of hydrogen-bond acceptors (Lipinski definition) is 4. The van der Waals surface area contributed by atoms with Gasteiger partial charge in [0.25, 0.3) is 0 Å². The fourth-order valence-electron chi connectivity index (χ4n) is 2.28. The van der Waals surface area contributed by atoms with E-state index in [4.69, 9.17) is 37.4 Å². The van der Waals surface area contributed by atoms with E-state index in [0.29, 0.717) is 27.9 Å². The molecule has 0 bridgehead atoms. The summed E-state index contributed by atoms with van der Waals surface area (Å²) in [7, 11) is 4.73. The van der Waals surface area contributed by atoms with Crippen LogP contribution in [0.3, 0.4) is 0 Å². The number of halogens is 3. The van der Waals surface area contributed by atoms with Crippen molar-refractivity contribution in [3.63, 3.8) is 0 Å². The Morgan fingerprint density at radius 3 is 2.39 bits per heavy atom. The molecule has 0 saturated carbocycles. The highest BCUT2D eigenvalue weighted by Gasteiger charge is 2.23. The van der Waals surface area contributed by atoms with Gasteiger partial charge in [-0.2, -0.15) is 0 Å². The van der Waals surface area contributed by atoms with Crippen molar-refractivity contribution >= 4 is 58.1 Å². The third kappa shape index (κ3) is 3.61. The Morgan fingerprint density at radius 2 is 1.83 bits per heavy atom. The maximum absolute atomic E-state index is 6.39. The number of methoxy groups -OCH3 is 3. The highest BCUT2D eigenvalue weighted by Crippen LogP contribution is 2.44. The van der Waals surface area contributed by atoms with E-state index in [0.717, 1.165) is 14.7 Å². The normalized spacial score (nSPS) is 19.3. The van der Waals surface area contributed by atoms with E-state index in [-0.39, 0.29) is 0 Å². The monoisotopic (exact) mass is 467 g/mol. The molecule has 1 aromatic carbocycles. The number of alkyl halides is 1. The Hall–Kier alpha value is -0.920. The van der Waals surface area contributed by atoms with Crippen LogP contribution in [0.15, 0.2) is 25.2 Å². The van der Waals surface area contributed by atoms with Gasteiger partial charge in [0.2, 0.25) is 5.75 Å². The second kappa shape index (κ2) is 7.77. The zero-order valence-corrected chi connectivity index (χ0v) is 16.8. The van der Waals surface area contributed by atoms with Crippen LogP contribution in [-0.2, 0) is 0 Å². The van der Waals surface area contributed by atoms with E-state index in [9.17, 15) is 0 Å². The van der Waals surface area contributed by atoms with Crippen molar-refractivity contribution < 1.29 is 14.2 Å².